The zero-order valence-electron chi connectivity index (χ0n) is 19.2. The van der Waals surface area contributed by atoms with Gasteiger partial charge in [-0.05, 0) is 111 Å². The van der Waals surface area contributed by atoms with Crippen molar-refractivity contribution in [2.24, 2.45) is 46.3 Å². The number of carbonyl (C=O) groups is 1. The number of aliphatic hydroxyl groups is 1. The highest BCUT2D eigenvalue weighted by atomic mass is 32.2. The van der Waals surface area contributed by atoms with Gasteiger partial charge in [0.05, 0.1) is 0 Å². The van der Waals surface area contributed by atoms with E-state index in [1.807, 2.05) is 0 Å². The standard InChI is InChI=1S/C24H40O6S/c1-15(4-9-21(25)26)18-7-8-19-17-6-5-16-14-24(27,31(28,29)30)13-12-22(16,2)20(17)10-11-23(18,19)3/h15-20,27H,4-14H2,1-3H3,(H,25,26)(H,28,29,30)/t15-,16-,17+,18-,19+,20+,22+,23-,24+/m1/s1. The second kappa shape index (κ2) is 7.69. The third-order valence-electron chi connectivity index (χ3n) is 10.7. The van der Waals surface area contributed by atoms with Gasteiger partial charge in [-0.25, -0.2) is 0 Å². The highest BCUT2D eigenvalue weighted by molar-refractivity contribution is 7.87. The summed E-state index contributed by atoms with van der Waals surface area (Å²) in [6, 6.07) is 0. The lowest BCUT2D eigenvalue weighted by Gasteiger charge is -2.62. The molecular weight excluding hydrogens is 416 g/mol. The van der Waals surface area contributed by atoms with Crippen LogP contribution < -0.4 is 0 Å². The molecule has 6 nitrogen and oxygen atoms in total. The maximum absolute atomic E-state index is 11.8. The number of aliphatic carboxylic acids is 1. The summed E-state index contributed by atoms with van der Waals surface area (Å²) in [6.07, 6.45) is 8.62. The van der Waals surface area contributed by atoms with Crippen LogP contribution in [0.5, 0.6) is 0 Å². The SMILES string of the molecule is C[C@H](CCC(=O)O)[C@H]1CC[C@H]2[C@@H]3CC[C@@H]4C[C@@](O)(S(=O)(=O)O)CC[C@]4(C)[C@H]3CC[C@]12C. The van der Waals surface area contributed by atoms with Gasteiger partial charge in [0.15, 0.2) is 4.93 Å². The van der Waals surface area contributed by atoms with Crippen molar-refractivity contribution in [1.82, 2.24) is 0 Å². The van der Waals surface area contributed by atoms with Gasteiger partial charge in [-0.1, -0.05) is 20.8 Å². The summed E-state index contributed by atoms with van der Waals surface area (Å²) in [5, 5.41) is 19.8. The number of rotatable bonds is 5. The number of fused-ring (bicyclic) bond motifs is 5. The van der Waals surface area contributed by atoms with Crippen LogP contribution in [-0.2, 0) is 14.9 Å². The van der Waals surface area contributed by atoms with E-state index in [9.17, 15) is 22.9 Å². The Bertz CT molecular complexity index is 826. The van der Waals surface area contributed by atoms with E-state index in [2.05, 4.69) is 20.8 Å². The van der Waals surface area contributed by atoms with Gasteiger partial charge in [0.25, 0.3) is 10.1 Å². The van der Waals surface area contributed by atoms with Crippen molar-refractivity contribution in [1.29, 1.82) is 0 Å². The molecule has 0 heterocycles. The van der Waals surface area contributed by atoms with Crippen LogP contribution >= 0.6 is 0 Å². The Labute approximate surface area is 186 Å². The van der Waals surface area contributed by atoms with Gasteiger partial charge < -0.3 is 10.2 Å². The van der Waals surface area contributed by atoms with E-state index in [-0.39, 0.29) is 36.0 Å². The van der Waals surface area contributed by atoms with Crippen molar-refractivity contribution in [2.45, 2.75) is 96.3 Å². The molecule has 9 atom stereocenters. The zero-order chi connectivity index (χ0) is 22.8. The van der Waals surface area contributed by atoms with Crippen LogP contribution in [0.2, 0.25) is 0 Å². The molecule has 0 aromatic heterocycles. The first kappa shape index (κ1) is 23.5. The molecule has 0 aromatic carbocycles. The van der Waals surface area contributed by atoms with Crippen LogP contribution in [0.1, 0.15) is 91.4 Å². The van der Waals surface area contributed by atoms with Gasteiger partial charge in [0.2, 0.25) is 0 Å². The van der Waals surface area contributed by atoms with Gasteiger partial charge >= 0.3 is 5.97 Å². The second-order valence-electron chi connectivity index (χ2n) is 11.9. The maximum Gasteiger partial charge on any atom is 0.303 e. The normalized spacial score (nSPS) is 48.4. The van der Waals surface area contributed by atoms with Crippen molar-refractivity contribution >= 4 is 16.1 Å². The Kier molecular flexibility index (Phi) is 5.83. The van der Waals surface area contributed by atoms with E-state index in [1.54, 1.807) is 0 Å². The molecule has 0 radical (unpaired) electrons. The third kappa shape index (κ3) is 3.67. The van der Waals surface area contributed by atoms with Crippen molar-refractivity contribution in [3.05, 3.63) is 0 Å². The van der Waals surface area contributed by atoms with Gasteiger partial charge in [0, 0.05) is 6.42 Å². The summed E-state index contributed by atoms with van der Waals surface area (Å²) < 4.78 is 33.3. The Hall–Kier alpha value is -0.660. The fraction of sp³-hybridized carbons (Fsp3) is 0.958. The summed E-state index contributed by atoms with van der Waals surface area (Å²) in [5.74, 6) is 2.27. The highest BCUT2D eigenvalue weighted by Crippen LogP contribution is 2.69. The van der Waals surface area contributed by atoms with Crippen LogP contribution in [0.15, 0.2) is 0 Å². The molecule has 0 bridgehead atoms. The van der Waals surface area contributed by atoms with Crippen LogP contribution in [0.25, 0.3) is 0 Å². The van der Waals surface area contributed by atoms with Crippen LogP contribution in [0.3, 0.4) is 0 Å². The predicted molar refractivity (Wildman–Crippen MR) is 118 cm³/mol. The smallest absolute Gasteiger partial charge is 0.303 e. The Balaban J connectivity index is 1.52. The van der Waals surface area contributed by atoms with Gasteiger partial charge in [-0.2, -0.15) is 8.42 Å². The largest absolute Gasteiger partial charge is 0.481 e. The molecule has 0 unspecified atom stereocenters. The summed E-state index contributed by atoms with van der Waals surface area (Å²) in [7, 11) is -4.47. The molecule has 0 saturated heterocycles. The van der Waals surface area contributed by atoms with E-state index in [1.165, 1.54) is 12.8 Å². The maximum atomic E-state index is 11.8. The quantitative estimate of drug-likeness (QED) is 0.516. The van der Waals surface area contributed by atoms with Gasteiger partial charge in [0.1, 0.15) is 0 Å². The fourth-order valence-electron chi connectivity index (χ4n) is 8.97. The minimum atomic E-state index is -4.47. The molecule has 0 aromatic rings. The molecule has 4 saturated carbocycles. The molecule has 4 aliphatic rings. The van der Waals surface area contributed by atoms with Gasteiger partial charge in [-0.3, -0.25) is 9.35 Å². The minimum Gasteiger partial charge on any atom is -0.481 e. The molecule has 178 valence electrons. The number of hydrogen-bond donors (Lipinski definition) is 3. The summed E-state index contributed by atoms with van der Waals surface area (Å²) >= 11 is 0. The molecule has 4 fully saturated rings. The molecule has 7 heteroatoms. The second-order valence-corrected chi connectivity index (χ2v) is 13.6. The van der Waals surface area contributed by atoms with Crippen molar-refractivity contribution < 1.29 is 28.0 Å². The predicted octanol–water partition coefficient (Wildman–Crippen LogP) is 4.72. The summed E-state index contributed by atoms with van der Waals surface area (Å²) in [6.45, 7) is 7.00. The van der Waals surface area contributed by atoms with Crippen molar-refractivity contribution in [2.75, 3.05) is 0 Å². The molecule has 0 aliphatic heterocycles. The van der Waals surface area contributed by atoms with Crippen molar-refractivity contribution in [3.63, 3.8) is 0 Å². The number of carboxylic acids is 1. The Morgan fingerprint density at radius 1 is 1.00 bits per heavy atom. The first-order valence-electron chi connectivity index (χ1n) is 12.2. The first-order chi connectivity index (χ1) is 14.3. The lowest BCUT2D eigenvalue weighted by atomic mass is 9.44. The zero-order valence-corrected chi connectivity index (χ0v) is 20.0. The number of carboxylic acid groups (broad SMARTS) is 1. The molecule has 0 amide bonds. The van der Waals surface area contributed by atoms with Crippen LogP contribution in [0.4, 0.5) is 0 Å². The summed E-state index contributed by atoms with van der Waals surface area (Å²) in [4.78, 5) is 9.09. The Morgan fingerprint density at radius 3 is 2.32 bits per heavy atom. The fourth-order valence-corrected chi connectivity index (χ4v) is 9.75. The monoisotopic (exact) mass is 456 g/mol. The summed E-state index contributed by atoms with van der Waals surface area (Å²) in [5.41, 5.74) is 0.292. The van der Waals surface area contributed by atoms with Crippen LogP contribution in [0, 0.1) is 46.3 Å². The lowest BCUT2D eigenvalue weighted by Crippen LogP contribution is -2.57. The van der Waals surface area contributed by atoms with E-state index in [0.717, 1.165) is 32.1 Å². The molecule has 0 spiro atoms. The van der Waals surface area contributed by atoms with E-state index in [0.29, 0.717) is 36.0 Å². The molecular formula is C24H40O6S. The third-order valence-corrected chi connectivity index (χ3v) is 12.1. The van der Waals surface area contributed by atoms with E-state index in [4.69, 9.17) is 5.11 Å². The highest BCUT2D eigenvalue weighted by Gasteiger charge is 2.62. The average molecular weight is 457 g/mol. The van der Waals surface area contributed by atoms with Crippen molar-refractivity contribution in [3.8, 4) is 0 Å². The molecule has 3 N–H and O–H groups in total. The van der Waals surface area contributed by atoms with Crippen LogP contribution in [-0.4, -0.2) is 34.1 Å². The molecule has 31 heavy (non-hydrogen) atoms. The Morgan fingerprint density at radius 2 is 1.68 bits per heavy atom. The average Bonchev–Trinajstić information content (AvgIpc) is 3.03. The van der Waals surface area contributed by atoms with E-state index >= 15 is 0 Å². The molecule has 4 rings (SSSR count). The lowest BCUT2D eigenvalue weighted by molar-refractivity contribution is -0.139. The topological polar surface area (TPSA) is 112 Å². The minimum absolute atomic E-state index is 0.0220. The first-order valence-corrected chi connectivity index (χ1v) is 13.7. The molecule has 4 aliphatic carbocycles. The van der Waals surface area contributed by atoms with E-state index < -0.39 is 21.0 Å². The number of hydrogen-bond acceptors (Lipinski definition) is 4. The van der Waals surface area contributed by atoms with Gasteiger partial charge in [-0.15, -0.1) is 0 Å².